The molecule has 0 saturated carbocycles. The molecule has 1 aromatic rings. The Balaban J connectivity index is 1.76. The normalized spacial score (nSPS) is 17.7. The third-order valence-electron chi connectivity index (χ3n) is 3.10. The number of amidine groups is 1. The van der Waals surface area contributed by atoms with E-state index in [1.165, 1.54) is 5.56 Å². The number of rotatable bonds is 4. The summed E-state index contributed by atoms with van der Waals surface area (Å²) in [5.74, 6) is 2.05. The molecule has 1 aliphatic heterocycles. The first kappa shape index (κ1) is 14.3. The molecule has 104 valence electrons. The third kappa shape index (κ3) is 4.46. The number of hydrogen-bond acceptors (Lipinski definition) is 4. The molecule has 4 heteroatoms. The number of ether oxygens (including phenoxy) is 1. The standard InChI is InChI=1S/C15H22N2OS/c1-15(2)10-17-14(19-11-15)16-9-8-12-4-6-13(18-3)7-5-12/h4-7H,8-11H2,1-3H3,(H,16,17). The highest BCUT2D eigenvalue weighted by atomic mass is 32.2. The lowest BCUT2D eigenvalue weighted by molar-refractivity contribution is 0.414. The molecule has 0 unspecified atom stereocenters. The SMILES string of the molecule is COc1ccc(CCNC2=NCC(C)(C)CS2)cc1. The predicted octanol–water partition coefficient (Wildman–Crippen LogP) is 2.96. The highest BCUT2D eigenvalue weighted by molar-refractivity contribution is 8.13. The van der Waals surface area contributed by atoms with Gasteiger partial charge < -0.3 is 10.1 Å². The highest BCUT2D eigenvalue weighted by Crippen LogP contribution is 2.26. The molecule has 0 radical (unpaired) electrons. The van der Waals surface area contributed by atoms with E-state index >= 15 is 0 Å². The van der Waals surface area contributed by atoms with Crippen molar-refractivity contribution in [2.75, 3.05) is 26.0 Å². The van der Waals surface area contributed by atoms with Crippen LogP contribution in [-0.4, -0.2) is 31.1 Å². The lowest BCUT2D eigenvalue weighted by atomic mass is 9.97. The maximum atomic E-state index is 5.15. The van der Waals surface area contributed by atoms with Crippen molar-refractivity contribution in [3.05, 3.63) is 29.8 Å². The summed E-state index contributed by atoms with van der Waals surface area (Å²) in [6, 6.07) is 8.23. The molecule has 2 rings (SSSR count). The fourth-order valence-electron chi connectivity index (χ4n) is 1.85. The zero-order valence-corrected chi connectivity index (χ0v) is 12.7. The third-order valence-corrected chi connectivity index (χ3v) is 4.57. The fourth-order valence-corrected chi connectivity index (χ4v) is 2.83. The van der Waals surface area contributed by atoms with Crippen LogP contribution in [0.25, 0.3) is 0 Å². The minimum Gasteiger partial charge on any atom is -0.497 e. The number of benzene rings is 1. The molecule has 0 aliphatic carbocycles. The summed E-state index contributed by atoms with van der Waals surface area (Å²) >= 11 is 1.83. The number of nitrogens with one attached hydrogen (secondary N) is 1. The maximum absolute atomic E-state index is 5.15. The van der Waals surface area contributed by atoms with E-state index in [1.807, 2.05) is 23.9 Å². The second kappa shape index (κ2) is 6.33. The summed E-state index contributed by atoms with van der Waals surface area (Å²) in [5.41, 5.74) is 1.65. The van der Waals surface area contributed by atoms with Crippen LogP contribution < -0.4 is 10.1 Å². The summed E-state index contributed by atoms with van der Waals surface area (Å²) in [6.07, 6.45) is 1.01. The summed E-state index contributed by atoms with van der Waals surface area (Å²) in [7, 11) is 1.69. The zero-order chi connectivity index (χ0) is 13.7. The summed E-state index contributed by atoms with van der Waals surface area (Å²) in [5, 5.41) is 4.51. The lowest BCUT2D eigenvalue weighted by Crippen LogP contribution is -2.32. The summed E-state index contributed by atoms with van der Waals surface area (Å²) in [4.78, 5) is 4.59. The number of aliphatic imine (C=N–C) groups is 1. The van der Waals surface area contributed by atoms with E-state index in [0.717, 1.165) is 36.2 Å². The van der Waals surface area contributed by atoms with E-state index in [2.05, 4.69) is 36.3 Å². The van der Waals surface area contributed by atoms with E-state index in [1.54, 1.807) is 7.11 Å². The summed E-state index contributed by atoms with van der Waals surface area (Å²) in [6.45, 7) is 6.37. The van der Waals surface area contributed by atoms with Crippen LogP contribution in [0.3, 0.4) is 0 Å². The van der Waals surface area contributed by atoms with Crippen molar-refractivity contribution in [1.82, 2.24) is 5.32 Å². The molecule has 0 bridgehead atoms. The van der Waals surface area contributed by atoms with Gasteiger partial charge in [-0.25, -0.2) is 0 Å². The molecule has 1 N–H and O–H groups in total. The van der Waals surface area contributed by atoms with Gasteiger partial charge in [-0.05, 0) is 29.5 Å². The monoisotopic (exact) mass is 278 g/mol. The number of nitrogens with zero attached hydrogens (tertiary/aromatic N) is 1. The van der Waals surface area contributed by atoms with Gasteiger partial charge in [0, 0.05) is 18.8 Å². The largest absolute Gasteiger partial charge is 0.497 e. The van der Waals surface area contributed by atoms with Crippen molar-refractivity contribution >= 4 is 16.9 Å². The van der Waals surface area contributed by atoms with Gasteiger partial charge in [0.15, 0.2) is 5.17 Å². The van der Waals surface area contributed by atoms with Gasteiger partial charge in [-0.1, -0.05) is 37.7 Å². The van der Waals surface area contributed by atoms with Crippen LogP contribution >= 0.6 is 11.8 Å². The Morgan fingerprint density at radius 3 is 2.63 bits per heavy atom. The molecule has 0 fully saturated rings. The average Bonchev–Trinajstić information content (AvgIpc) is 2.41. The maximum Gasteiger partial charge on any atom is 0.156 e. The van der Waals surface area contributed by atoms with Gasteiger partial charge in [0.2, 0.25) is 0 Å². The Morgan fingerprint density at radius 1 is 1.32 bits per heavy atom. The average molecular weight is 278 g/mol. The molecule has 1 aromatic carbocycles. The van der Waals surface area contributed by atoms with Crippen LogP contribution in [0.1, 0.15) is 19.4 Å². The van der Waals surface area contributed by atoms with Crippen LogP contribution in [0.15, 0.2) is 29.3 Å². The molecule has 0 saturated heterocycles. The van der Waals surface area contributed by atoms with Crippen molar-refractivity contribution in [3.63, 3.8) is 0 Å². The van der Waals surface area contributed by atoms with E-state index in [4.69, 9.17) is 4.74 Å². The lowest BCUT2D eigenvalue weighted by Gasteiger charge is -2.27. The Bertz CT molecular complexity index is 440. The van der Waals surface area contributed by atoms with Crippen molar-refractivity contribution in [1.29, 1.82) is 0 Å². The molecular weight excluding hydrogens is 256 g/mol. The Morgan fingerprint density at radius 2 is 2.05 bits per heavy atom. The first-order valence-electron chi connectivity index (χ1n) is 6.63. The van der Waals surface area contributed by atoms with Crippen molar-refractivity contribution in [2.45, 2.75) is 20.3 Å². The van der Waals surface area contributed by atoms with Crippen LogP contribution in [0.5, 0.6) is 5.75 Å². The van der Waals surface area contributed by atoms with E-state index < -0.39 is 0 Å². The predicted molar refractivity (Wildman–Crippen MR) is 83.2 cm³/mol. The molecule has 0 aromatic heterocycles. The van der Waals surface area contributed by atoms with Crippen LogP contribution in [0, 0.1) is 5.41 Å². The van der Waals surface area contributed by atoms with Crippen molar-refractivity contribution in [3.8, 4) is 5.75 Å². The van der Waals surface area contributed by atoms with E-state index in [9.17, 15) is 0 Å². The van der Waals surface area contributed by atoms with E-state index in [0.29, 0.717) is 5.41 Å². The molecule has 0 amide bonds. The Labute approximate surface area is 119 Å². The molecule has 0 spiro atoms. The highest BCUT2D eigenvalue weighted by Gasteiger charge is 2.22. The van der Waals surface area contributed by atoms with Crippen LogP contribution in [0.4, 0.5) is 0 Å². The molecule has 0 atom stereocenters. The minimum absolute atomic E-state index is 0.339. The molecule has 19 heavy (non-hydrogen) atoms. The molecule has 1 aliphatic rings. The van der Waals surface area contributed by atoms with Gasteiger partial charge in [0.05, 0.1) is 7.11 Å². The first-order chi connectivity index (χ1) is 9.09. The second-order valence-electron chi connectivity index (χ2n) is 5.60. The van der Waals surface area contributed by atoms with Gasteiger partial charge in [-0.3, -0.25) is 4.99 Å². The van der Waals surface area contributed by atoms with Crippen molar-refractivity contribution < 1.29 is 4.74 Å². The number of hydrogen-bond donors (Lipinski definition) is 1. The molecular formula is C15H22N2OS. The molecule has 3 nitrogen and oxygen atoms in total. The minimum atomic E-state index is 0.339. The summed E-state index contributed by atoms with van der Waals surface area (Å²) < 4.78 is 5.15. The van der Waals surface area contributed by atoms with Gasteiger partial charge in [-0.15, -0.1) is 0 Å². The van der Waals surface area contributed by atoms with E-state index in [-0.39, 0.29) is 0 Å². The van der Waals surface area contributed by atoms with Gasteiger partial charge in [0.1, 0.15) is 5.75 Å². The quantitative estimate of drug-likeness (QED) is 0.919. The molecule has 1 heterocycles. The van der Waals surface area contributed by atoms with Gasteiger partial charge in [-0.2, -0.15) is 0 Å². The van der Waals surface area contributed by atoms with Crippen molar-refractivity contribution in [2.24, 2.45) is 10.4 Å². The van der Waals surface area contributed by atoms with Gasteiger partial charge in [0.25, 0.3) is 0 Å². The second-order valence-corrected chi connectivity index (χ2v) is 6.56. The van der Waals surface area contributed by atoms with Crippen LogP contribution in [-0.2, 0) is 6.42 Å². The Hall–Kier alpha value is -1.16. The fraction of sp³-hybridized carbons (Fsp3) is 0.533. The topological polar surface area (TPSA) is 33.6 Å². The zero-order valence-electron chi connectivity index (χ0n) is 11.9. The van der Waals surface area contributed by atoms with Crippen LogP contribution in [0.2, 0.25) is 0 Å². The smallest absolute Gasteiger partial charge is 0.156 e. The first-order valence-corrected chi connectivity index (χ1v) is 7.62. The van der Waals surface area contributed by atoms with Gasteiger partial charge >= 0.3 is 0 Å². The Kier molecular flexibility index (Phi) is 4.75. The number of methoxy groups -OCH3 is 1. The number of thioether (sulfide) groups is 1.